The standard InChI is InChI=1S/C34H38N2O3/c37-31-14-12-23(18-32(31)38)13-15-33-34(39)20-28-27-8-4-5-9-29(27)36(22-24-6-2-1-3-7-24)30(28)19-26(34)16-17-35(33)21-25-10-11-25/h1-9,12,14,18,25-26,33,37-39H,10-11,13,15-17,19-22H2/t26?,33-,34+/m1/s1. The lowest BCUT2D eigenvalue weighted by Gasteiger charge is -2.54. The van der Waals surface area contributed by atoms with Gasteiger partial charge in [0, 0.05) is 42.1 Å². The van der Waals surface area contributed by atoms with Gasteiger partial charge in [0.25, 0.3) is 0 Å². The minimum absolute atomic E-state index is 0.0668. The Morgan fingerprint density at radius 3 is 2.44 bits per heavy atom. The Morgan fingerprint density at radius 2 is 1.64 bits per heavy atom. The molecule has 5 nitrogen and oxygen atoms in total. The Kier molecular flexibility index (Phi) is 6.17. The zero-order valence-corrected chi connectivity index (χ0v) is 22.5. The van der Waals surface area contributed by atoms with Crippen LogP contribution in [0, 0.1) is 11.8 Å². The normalized spacial score (nSPS) is 24.9. The van der Waals surface area contributed by atoms with Crippen molar-refractivity contribution in [2.24, 2.45) is 11.8 Å². The number of nitrogens with zero attached hydrogens (tertiary/aromatic N) is 2. The Hall–Kier alpha value is -3.28. The number of aryl methyl sites for hydroxylation is 1. The number of benzene rings is 3. The second kappa shape index (κ2) is 9.72. The van der Waals surface area contributed by atoms with E-state index in [0.717, 1.165) is 56.8 Å². The summed E-state index contributed by atoms with van der Waals surface area (Å²) in [5.74, 6) is 0.822. The van der Waals surface area contributed by atoms with Crippen LogP contribution in [0.5, 0.6) is 11.5 Å². The first-order valence-corrected chi connectivity index (χ1v) is 14.6. The molecule has 3 N–H and O–H groups in total. The maximum absolute atomic E-state index is 12.7. The molecule has 1 saturated heterocycles. The second-order valence-electron chi connectivity index (χ2n) is 12.2. The number of aromatic hydroxyl groups is 2. The van der Waals surface area contributed by atoms with Crippen LogP contribution in [0.2, 0.25) is 0 Å². The smallest absolute Gasteiger partial charge is 0.157 e. The fourth-order valence-electron chi connectivity index (χ4n) is 7.49. The van der Waals surface area contributed by atoms with Crippen LogP contribution in [0.25, 0.3) is 10.9 Å². The third kappa shape index (κ3) is 4.52. The van der Waals surface area contributed by atoms with Crippen molar-refractivity contribution in [2.45, 2.75) is 63.1 Å². The number of piperidine rings is 1. The highest BCUT2D eigenvalue weighted by Crippen LogP contribution is 2.47. The van der Waals surface area contributed by atoms with E-state index < -0.39 is 5.60 Å². The summed E-state index contributed by atoms with van der Waals surface area (Å²) in [5.41, 5.74) is 5.49. The monoisotopic (exact) mass is 522 g/mol. The Bertz CT molecular complexity index is 1490. The molecular formula is C34H38N2O3. The van der Waals surface area contributed by atoms with Crippen molar-refractivity contribution >= 4 is 10.9 Å². The largest absolute Gasteiger partial charge is 0.504 e. The van der Waals surface area contributed by atoms with Crippen LogP contribution in [-0.2, 0) is 25.8 Å². The number of likely N-dealkylation sites (tertiary alicyclic amines) is 1. The molecule has 0 spiro atoms. The number of phenols is 2. The maximum Gasteiger partial charge on any atom is 0.157 e. The zero-order chi connectivity index (χ0) is 26.6. The van der Waals surface area contributed by atoms with E-state index in [1.807, 2.05) is 6.07 Å². The zero-order valence-electron chi connectivity index (χ0n) is 22.5. The number of aromatic nitrogens is 1. The molecule has 2 fully saturated rings. The number of rotatable bonds is 7. The molecule has 1 saturated carbocycles. The fraction of sp³-hybridized carbons (Fsp3) is 0.412. The molecular weight excluding hydrogens is 484 g/mol. The molecule has 2 heterocycles. The summed E-state index contributed by atoms with van der Waals surface area (Å²) in [5, 5.41) is 33.8. The lowest BCUT2D eigenvalue weighted by Crippen LogP contribution is -2.64. The highest BCUT2D eigenvalue weighted by Gasteiger charge is 2.53. The summed E-state index contributed by atoms with van der Waals surface area (Å²) in [7, 11) is 0. The van der Waals surface area contributed by atoms with Crippen molar-refractivity contribution in [1.29, 1.82) is 0 Å². The first kappa shape index (κ1) is 24.7. The Balaban J connectivity index is 1.25. The summed E-state index contributed by atoms with van der Waals surface area (Å²) in [6.45, 7) is 2.95. The van der Waals surface area contributed by atoms with Crippen LogP contribution in [-0.4, -0.2) is 49.5 Å². The molecule has 3 atom stereocenters. The molecule has 1 unspecified atom stereocenters. The van der Waals surface area contributed by atoms with Gasteiger partial charge in [0.05, 0.1) is 5.60 Å². The average Bonchev–Trinajstić information content (AvgIpc) is 3.72. The van der Waals surface area contributed by atoms with Crippen molar-refractivity contribution in [2.75, 3.05) is 13.1 Å². The molecule has 0 radical (unpaired) electrons. The van der Waals surface area contributed by atoms with E-state index in [2.05, 4.69) is 64.1 Å². The molecule has 0 bridgehead atoms. The van der Waals surface area contributed by atoms with E-state index in [-0.39, 0.29) is 23.5 Å². The average molecular weight is 523 g/mol. The Morgan fingerprint density at radius 1 is 0.846 bits per heavy atom. The minimum Gasteiger partial charge on any atom is -0.504 e. The van der Waals surface area contributed by atoms with Crippen LogP contribution in [0.3, 0.4) is 0 Å². The van der Waals surface area contributed by atoms with Gasteiger partial charge in [0.1, 0.15) is 0 Å². The first-order valence-electron chi connectivity index (χ1n) is 14.6. The van der Waals surface area contributed by atoms with Crippen LogP contribution in [0.4, 0.5) is 0 Å². The summed E-state index contributed by atoms with van der Waals surface area (Å²) in [6, 6.07) is 24.6. The van der Waals surface area contributed by atoms with Crippen molar-refractivity contribution in [1.82, 2.24) is 9.47 Å². The summed E-state index contributed by atoms with van der Waals surface area (Å²) in [4.78, 5) is 2.59. The van der Waals surface area contributed by atoms with Gasteiger partial charge < -0.3 is 19.9 Å². The fourth-order valence-corrected chi connectivity index (χ4v) is 7.49. The van der Waals surface area contributed by atoms with Gasteiger partial charge in [-0.2, -0.15) is 0 Å². The number of hydrogen-bond acceptors (Lipinski definition) is 4. The van der Waals surface area contributed by atoms with E-state index in [0.29, 0.717) is 6.42 Å². The quantitative estimate of drug-likeness (QED) is 0.274. The van der Waals surface area contributed by atoms with Gasteiger partial charge in [-0.15, -0.1) is 0 Å². The van der Waals surface area contributed by atoms with Crippen LogP contribution < -0.4 is 0 Å². The molecule has 4 aromatic rings. The van der Waals surface area contributed by atoms with Gasteiger partial charge >= 0.3 is 0 Å². The van der Waals surface area contributed by atoms with Crippen LogP contribution in [0.1, 0.15) is 48.1 Å². The van der Waals surface area contributed by atoms with Crippen LogP contribution in [0.15, 0.2) is 72.8 Å². The topological polar surface area (TPSA) is 68.9 Å². The molecule has 39 heavy (non-hydrogen) atoms. The number of aliphatic hydroxyl groups is 1. The predicted octanol–water partition coefficient (Wildman–Crippen LogP) is 5.66. The molecule has 3 aromatic carbocycles. The highest BCUT2D eigenvalue weighted by molar-refractivity contribution is 5.86. The van der Waals surface area contributed by atoms with E-state index in [1.165, 1.54) is 40.6 Å². The molecule has 0 amide bonds. The molecule has 7 rings (SSSR count). The molecule has 5 heteroatoms. The molecule has 1 aliphatic heterocycles. The van der Waals surface area contributed by atoms with Gasteiger partial charge in [-0.05, 0) is 91.8 Å². The van der Waals surface area contributed by atoms with Gasteiger partial charge in [-0.1, -0.05) is 54.6 Å². The lowest BCUT2D eigenvalue weighted by atomic mass is 9.65. The number of fused-ring (bicyclic) bond motifs is 4. The SMILES string of the molecule is Oc1ccc(CC[C@H]2N(CC3CC3)CCC3Cc4c(c5ccccc5n4Cc4ccccc4)C[C@]32O)cc1O. The lowest BCUT2D eigenvalue weighted by molar-refractivity contribution is -0.129. The molecule has 2 aliphatic carbocycles. The molecule has 1 aromatic heterocycles. The summed E-state index contributed by atoms with van der Waals surface area (Å²) >= 11 is 0. The van der Waals surface area contributed by atoms with E-state index in [9.17, 15) is 15.3 Å². The van der Waals surface area contributed by atoms with E-state index >= 15 is 0 Å². The molecule has 3 aliphatic rings. The van der Waals surface area contributed by atoms with Crippen molar-refractivity contribution < 1.29 is 15.3 Å². The minimum atomic E-state index is -0.791. The number of phenolic OH excluding ortho intramolecular Hbond substituents is 2. The van der Waals surface area contributed by atoms with Gasteiger partial charge in [0.15, 0.2) is 11.5 Å². The second-order valence-corrected chi connectivity index (χ2v) is 12.2. The summed E-state index contributed by atoms with van der Waals surface area (Å²) < 4.78 is 2.50. The molecule has 202 valence electrons. The van der Waals surface area contributed by atoms with E-state index in [4.69, 9.17) is 0 Å². The van der Waals surface area contributed by atoms with Crippen molar-refractivity contribution in [3.8, 4) is 11.5 Å². The first-order chi connectivity index (χ1) is 19.0. The Labute approximate surface area is 230 Å². The number of hydrogen-bond donors (Lipinski definition) is 3. The van der Waals surface area contributed by atoms with Gasteiger partial charge in [0.2, 0.25) is 0 Å². The summed E-state index contributed by atoms with van der Waals surface area (Å²) in [6.07, 6.45) is 6.80. The number of para-hydroxylation sites is 1. The van der Waals surface area contributed by atoms with Crippen LogP contribution >= 0.6 is 0 Å². The maximum atomic E-state index is 12.7. The van der Waals surface area contributed by atoms with Gasteiger partial charge in [-0.3, -0.25) is 4.90 Å². The highest BCUT2D eigenvalue weighted by atomic mass is 16.3. The van der Waals surface area contributed by atoms with Crippen molar-refractivity contribution in [3.05, 3.63) is 95.2 Å². The van der Waals surface area contributed by atoms with E-state index in [1.54, 1.807) is 12.1 Å². The third-order valence-electron chi connectivity index (χ3n) is 9.70. The van der Waals surface area contributed by atoms with Gasteiger partial charge in [-0.25, -0.2) is 0 Å². The third-order valence-corrected chi connectivity index (χ3v) is 9.70. The predicted molar refractivity (Wildman–Crippen MR) is 154 cm³/mol. The van der Waals surface area contributed by atoms with Crippen molar-refractivity contribution in [3.63, 3.8) is 0 Å².